The molecule has 3 aliphatic carbocycles. The van der Waals surface area contributed by atoms with E-state index in [1.807, 2.05) is 0 Å². The molecule has 3 saturated carbocycles. The van der Waals surface area contributed by atoms with E-state index in [9.17, 15) is 38.4 Å². The fourth-order valence-electron chi connectivity index (χ4n) is 12.4. The summed E-state index contributed by atoms with van der Waals surface area (Å²) in [6, 6.07) is 0.464. The summed E-state index contributed by atoms with van der Waals surface area (Å²) in [5, 5.41) is 10.1. The number of Topliss-reactive ketones (excluding diaryl/α,β-unsaturated/α-hetero) is 4. The van der Waals surface area contributed by atoms with E-state index in [1.165, 1.54) is 17.7 Å². The van der Waals surface area contributed by atoms with Crippen LogP contribution in [0.15, 0.2) is 10.2 Å². The predicted octanol–water partition coefficient (Wildman–Crippen LogP) is 8.73. The third-order valence-corrected chi connectivity index (χ3v) is 16.6. The summed E-state index contributed by atoms with van der Waals surface area (Å²) in [6.45, 7) is 50.0. The number of carbonyl (C=O) groups is 8. The number of carbonyl (C=O) groups excluding carboxylic acids is 8. The molecule has 101 heavy (non-hydrogen) atoms. The van der Waals surface area contributed by atoms with Crippen molar-refractivity contribution in [2.24, 2.45) is 51.7 Å². The van der Waals surface area contributed by atoms with Crippen LogP contribution >= 0.6 is 0 Å². The SMILES string of the molecule is C#CCN(CC[CH2-])CCN(CC#C)CC[CH2-].[CH2-]C(=O)CC1CC2CCC1CC2CC([CH2-])=O.[CH2-]C(=O)CC1CC2CNC(C1)CC(CC([CH2-])=O)C2.[CH2-]CCN(CCN(CC[CH2-])C(=O)CN=[N+]=[N-])C(=O)CC.[CH2-]CN(CCOCCN(C[CH2-])C(=O)CN=[N+]=[N-])C(=O)CC.[W].[W].[W].[W].[W].[W].[W].[W].[W].[W]. The number of fused-ring (bicyclic) bond motifs is 6. The molecule has 5 rings (SSSR count). The number of terminal acetylenes is 2. The van der Waals surface area contributed by atoms with Crippen molar-refractivity contribution >= 4 is 46.8 Å². The number of hydrogen-bond donors (Lipinski definition) is 1. The van der Waals surface area contributed by atoms with Crippen LogP contribution < -0.4 is 5.32 Å². The molecule has 2 saturated heterocycles. The van der Waals surface area contributed by atoms with E-state index < -0.39 is 0 Å². The number of nitrogens with one attached hydrogen (secondary N) is 1. The number of ether oxygens (including phenoxy) is 1. The Morgan fingerprint density at radius 1 is 0.465 bits per heavy atom. The molecule has 1 N–H and O–H groups in total. The Hall–Kier alpha value is 0.503. The monoisotopic (exact) mass is 3110 g/mol. The van der Waals surface area contributed by atoms with Gasteiger partial charge in [-0.2, -0.15) is 25.7 Å². The second-order valence-corrected chi connectivity index (χ2v) is 23.7. The third kappa shape index (κ3) is 60.9. The van der Waals surface area contributed by atoms with Crippen molar-refractivity contribution in [1.29, 1.82) is 0 Å². The van der Waals surface area contributed by atoms with Crippen LogP contribution in [0.25, 0.3) is 20.9 Å². The molecule has 576 valence electrons. The molecule has 0 aromatic heterocycles. The van der Waals surface area contributed by atoms with Crippen molar-refractivity contribution in [1.82, 2.24) is 34.7 Å². The zero-order chi connectivity index (χ0) is 68.5. The predicted molar refractivity (Wildman–Crippen MR) is 360 cm³/mol. The maximum Gasteiger partial charge on any atom is 0.228 e. The minimum atomic E-state index is -0.285. The average molecular weight is 3110 g/mol. The van der Waals surface area contributed by atoms with Gasteiger partial charge in [-0.15, -0.1) is 25.9 Å². The van der Waals surface area contributed by atoms with Crippen LogP contribution in [0.3, 0.4) is 0 Å². The maximum absolute atomic E-state index is 11.8. The molecule has 5 fully saturated rings. The molecule has 2 heterocycles. The van der Waals surface area contributed by atoms with Gasteiger partial charge < -0.3 is 118 Å². The molecule has 4 amide bonds. The Morgan fingerprint density at radius 2 is 0.802 bits per heavy atom. The summed E-state index contributed by atoms with van der Waals surface area (Å²) in [6.07, 6.45) is 26.1. The Morgan fingerprint density at radius 3 is 1.11 bits per heavy atom. The molecule has 32 heteroatoms. The summed E-state index contributed by atoms with van der Waals surface area (Å²) >= 11 is 0. The molecule has 5 aliphatic rings. The largest absolute Gasteiger partial charge is 0.378 e. The fraction of sp³-hybridized carbons (Fsp3) is 0.681. The quantitative estimate of drug-likeness (QED) is 0.0152. The zero-order valence-corrected chi connectivity index (χ0v) is 89.0. The number of ketones is 4. The molecular formula is C69H111N13O9W10-10. The molecule has 6 unspecified atom stereocenters. The topological polar surface area (TPSA) is 275 Å². The second-order valence-electron chi connectivity index (χ2n) is 23.7. The second kappa shape index (κ2) is 80.0. The molecule has 0 aromatic rings. The minimum absolute atomic E-state index is 0. The van der Waals surface area contributed by atoms with Gasteiger partial charge in [0.25, 0.3) is 0 Å². The normalized spacial score (nSPS) is 17.9. The average Bonchev–Trinajstić information content (AvgIpc) is 1.27. The van der Waals surface area contributed by atoms with E-state index in [2.05, 4.69) is 116 Å². The molecule has 0 radical (unpaired) electrons. The molecule has 22 nitrogen and oxygen atoms in total. The van der Waals surface area contributed by atoms with E-state index >= 15 is 0 Å². The summed E-state index contributed by atoms with van der Waals surface area (Å²) < 4.78 is 5.40. The van der Waals surface area contributed by atoms with Crippen LogP contribution in [0.5, 0.6) is 0 Å². The summed E-state index contributed by atoms with van der Waals surface area (Å²) in [7, 11) is 0. The van der Waals surface area contributed by atoms with Gasteiger partial charge in [-0.3, -0.25) is 29.0 Å². The number of nitrogens with zero attached hydrogens (tertiary/aromatic N) is 12. The molecule has 6 atom stereocenters. The first-order chi connectivity index (χ1) is 43.6. The van der Waals surface area contributed by atoms with Gasteiger partial charge in [0.05, 0.1) is 26.3 Å². The van der Waals surface area contributed by atoms with E-state index in [4.69, 9.17) is 28.6 Å². The van der Waals surface area contributed by atoms with Gasteiger partial charge in [-0.25, -0.2) is 0 Å². The maximum atomic E-state index is 11.8. The van der Waals surface area contributed by atoms with E-state index in [0.717, 1.165) is 84.1 Å². The number of azide groups is 2. The van der Waals surface area contributed by atoms with Crippen molar-refractivity contribution in [2.75, 3.05) is 124 Å². The molecule has 2 aliphatic heterocycles. The van der Waals surface area contributed by atoms with Crippen LogP contribution in [-0.2, 0) is 254 Å². The first-order valence-corrected chi connectivity index (χ1v) is 32.5. The van der Waals surface area contributed by atoms with Crippen LogP contribution in [0.2, 0.25) is 0 Å². The van der Waals surface area contributed by atoms with Gasteiger partial charge in [0.1, 0.15) is 13.1 Å². The Labute approximate surface area is 752 Å². The van der Waals surface area contributed by atoms with Gasteiger partial charge in [0.15, 0.2) is 0 Å². The van der Waals surface area contributed by atoms with Crippen LogP contribution in [0.4, 0.5) is 0 Å². The van der Waals surface area contributed by atoms with Crippen LogP contribution in [0.1, 0.15) is 129 Å². The van der Waals surface area contributed by atoms with Crippen molar-refractivity contribution in [3.05, 3.63) is 90.1 Å². The Bertz CT molecular complexity index is 2260. The molecule has 0 aromatic carbocycles. The van der Waals surface area contributed by atoms with Gasteiger partial charge in [0, 0.05) is 279 Å². The Balaban J connectivity index is -0.000000109. The van der Waals surface area contributed by atoms with Crippen molar-refractivity contribution in [3.63, 3.8) is 0 Å². The van der Waals surface area contributed by atoms with E-state index in [0.29, 0.717) is 171 Å². The molecule has 4 bridgehead atoms. The van der Waals surface area contributed by atoms with E-state index in [1.54, 1.807) is 28.5 Å². The van der Waals surface area contributed by atoms with Crippen LogP contribution in [0, 0.1) is 135 Å². The Kier molecular flexibility index (Phi) is 99.2. The third-order valence-electron chi connectivity index (χ3n) is 16.6. The number of rotatable bonds is 38. The zero-order valence-electron chi connectivity index (χ0n) is 59.6. The van der Waals surface area contributed by atoms with Gasteiger partial charge in [-0.05, 0) is 185 Å². The van der Waals surface area contributed by atoms with Crippen molar-refractivity contribution < 1.29 is 254 Å². The van der Waals surface area contributed by atoms with Gasteiger partial charge >= 0.3 is 0 Å². The summed E-state index contributed by atoms with van der Waals surface area (Å²) in [5.74, 6) is 9.11. The van der Waals surface area contributed by atoms with E-state index in [-0.39, 0.29) is 277 Å². The smallest absolute Gasteiger partial charge is 0.228 e. The van der Waals surface area contributed by atoms with Gasteiger partial charge in [-0.1, -0.05) is 35.9 Å². The first kappa shape index (κ1) is 125. The molecule has 0 spiro atoms. The fourth-order valence-corrected chi connectivity index (χ4v) is 12.4. The first-order valence-electron chi connectivity index (χ1n) is 32.5. The standard InChI is InChI=1S/C15H23NO2.C14H22N2.C14H20O2.C13H23N5O3.C13H23N5O2.10W/c1-10(17)3-12-5-14-6-13(4-11(2)18)8-15(7-12)16-9-14;1-5-9-15(10-6-2)13-14-16(11-7-3)12-8-4;1-9(15)5-13-7-12-4-3-11(13)8-14(12)6-10(2)16;1-4-12(19)17(5-2)7-9-21-10-8-18(6-3)13(20)11-15-16-14;1-4-7-17(12(19)6-3)9-10-18(8-5-2)13(20)11-15-16-14;;;;;;;;;;/h12-16H,1-9H2;1,3H,2,4,6,8-14H2;11-14H,1-8H2;2-11H2,1H3;1-2,4-11H2,3H3;;;;;;;;;;/q5*-2;;;;;;;;;;. The van der Waals surface area contributed by atoms with Crippen molar-refractivity contribution in [3.8, 4) is 24.7 Å². The van der Waals surface area contributed by atoms with Gasteiger partial charge in [0.2, 0.25) is 23.6 Å². The number of amides is 4. The summed E-state index contributed by atoms with van der Waals surface area (Å²) in [5.41, 5.74) is 16.4. The number of hydrogen-bond acceptors (Lipinski definition) is 14. The van der Waals surface area contributed by atoms with Crippen LogP contribution in [-0.4, -0.2) is 207 Å². The molecular weight excluding hydrogens is 2990 g/mol. The summed E-state index contributed by atoms with van der Waals surface area (Å²) in [4.78, 5) is 107. The minimum Gasteiger partial charge on any atom is -0.378 e. The van der Waals surface area contributed by atoms with Crippen molar-refractivity contribution in [2.45, 2.75) is 135 Å².